The molecule has 144 valence electrons. The number of carbonyl (C=O) groups is 1. The van der Waals surface area contributed by atoms with Crippen molar-refractivity contribution in [2.24, 2.45) is 0 Å². The van der Waals surface area contributed by atoms with Gasteiger partial charge in [0.25, 0.3) is 15.9 Å². The van der Waals surface area contributed by atoms with E-state index >= 15 is 0 Å². The predicted molar refractivity (Wildman–Crippen MR) is 104 cm³/mol. The van der Waals surface area contributed by atoms with E-state index < -0.39 is 15.9 Å². The number of rotatable bonds is 7. The highest BCUT2D eigenvalue weighted by atomic mass is 32.2. The Morgan fingerprint density at radius 3 is 2.46 bits per heavy atom. The molecule has 0 radical (unpaired) electrons. The van der Waals surface area contributed by atoms with Crippen molar-refractivity contribution in [3.8, 4) is 0 Å². The smallest absolute Gasteiger partial charge is 0.262 e. The fraction of sp³-hybridized carbons (Fsp3) is 0.100. The zero-order chi connectivity index (χ0) is 20.0. The van der Waals surface area contributed by atoms with Crippen LogP contribution in [0.15, 0.2) is 78.0 Å². The molecule has 0 atom stereocenters. The number of nitrogens with zero attached hydrogens (tertiary/aromatic N) is 1. The summed E-state index contributed by atoms with van der Waals surface area (Å²) in [5.74, 6) is -0.831. The third-order valence-corrected chi connectivity index (χ3v) is 5.39. The molecular weight excluding hydrogens is 381 g/mol. The molecule has 2 aromatic carbocycles. The zero-order valence-electron chi connectivity index (χ0n) is 14.8. The molecule has 0 unspecified atom stereocenters. The van der Waals surface area contributed by atoms with E-state index in [0.717, 1.165) is 5.56 Å². The fourth-order valence-electron chi connectivity index (χ4n) is 2.59. The lowest BCUT2D eigenvalue weighted by Crippen LogP contribution is -2.28. The van der Waals surface area contributed by atoms with Gasteiger partial charge in [-0.3, -0.25) is 14.5 Å². The summed E-state index contributed by atoms with van der Waals surface area (Å²) in [6.07, 6.45) is 3.40. The molecule has 1 heterocycles. The highest BCUT2D eigenvalue weighted by Crippen LogP contribution is 2.19. The highest BCUT2D eigenvalue weighted by Gasteiger charge is 2.22. The van der Waals surface area contributed by atoms with Crippen LogP contribution < -0.4 is 10.0 Å². The fourth-order valence-corrected chi connectivity index (χ4v) is 3.84. The third kappa shape index (κ3) is 4.92. The molecule has 3 aromatic rings. The number of amides is 1. The Bertz CT molecular complexity index is 1060. The van der Waals surface area contributed by atoms with Crippen LogP contribution >= 0.6 is 0 Å². The zero-order valence-corrected chi connectivity index (χ0v) is 15.6. The topological polar surface area (TPSA) is 88.2 Å². The van der Waals surface area contributed by atoms with Crippen LogP contribution in [0.1, 0.15) is 15.9 Å². The minimum absolute atomic E-state index is 0.0398. The number of anilines is 1. The van der Waals surface area contributed by atoms with E-state index in [4.69, 9.17) is 0 Å². The maximum absolute atomic E-state index is 12.9. The summed E-state index contributed by atoms with van der Waals surface area (Å²) in [5, 5.41) is 2.70. The van der Waals surface area contributed by atoms with Gasteiger partial charge < -0.3 is 5.32 Å². The summed E-state index contributed by atoms with van der Waals surface area (Å²) in [6, 6.07) is 15.1. The summed E-state index contributed by atoms with van der Waals surface area (Å²) in [5.41, 5.74) is 1.20. The molecule has 8 heteroatoms. The van der Waals surface area contributed by atoms with Gasteiger partial charge in [-0.25, -0.2) is 12.8 Å². The van der Waals surface area contributed by atoms with E-state index in [0.29, 0.717) is 12.1 Å². The van der Waals surface area contributed by atoms with Gasteiger partial charge in [0.05, 0.1) is 17.4 Å². The third-order valence-electron chi connectivity index (χ3n) is 3.95. The second-order valence-electron chi connectivity index (χ2n) is 5.98. The van der Waals surface area contributed by atoms with E-state index in [1.807, 2.05) is 0 Å². The first-order chi connectivity index (χ1) is 13.5. The standard InChI is InChI=1S/C20H18FN3O3S/c21-16-9-7-15(8-10-16)11-13-23-20(25)18-5-1-2-6-19(18)28(26,27)24-17-4-3-12-22-14-17/h1-10,12,14,24H,11,13H2,(H,23,25). The monoisotopic (exact) mass is 399 g/mol. The highest BCUT2D eigenvalue weighted by molar-refractivity contribution is 7.92. The second-order valence-corrected chi connectivity index (χ2v) is 7.63. The molecule has 2 N–H and O–H groups in total. The Morgan fingerprint density at radius 1 is 1.00 bits per heavy atom. The number of hydrogen-bond donors (Lipinski definition) is 2. The molecule has 6 nitrogen and oxygen atoms in total. The van der Waals surface area contributed by atoms with Crippen molar-refractivity contribution in [2.45, 2.75) is 11.3 Å². The number of benzene rings is 2. The van der Waals surface area contributed by atoms with Crippen molar-refractivity contribution in [1.82, 2.24) is 10.3 Å². The maximum Gasteiger partial charge on any atom is 0.262 e. The molecule has 0 bridgehead atoms. The molecule has 0 saturated heterocycles. The van der Waals surface area contributed by atoms with Gasteiger partial charge in [-0.15, -0.1) is 0 Å². The molecule has 3 rings (SSSR count). The van der Waals surface area contributed by atoms with Crippen molar-refractivity contribution in [3.63, 3.8) is 0 Å². The Morgan fingerprint density at radius 2 is 1.75 bits per heavy atom. The number of pyridine rings is 1. The largest absolute Gasteiger partial charge is 0.352 e. The van der Waals surface area contributed by atoms with E-state index in [9.17, 15) is 17.6 Å². The Hall–Kier alpha value is -3.26. The summed E-state index contributed by atoms with van der Waals surface area (Å²) in [4.78, 5) is 16.3. The molecule has 0 aliphatic carbocycles. The Kier molecular flexibility index (Phi) is 6.00. The van der Waals surface area contributed by atoms with Crippen molar-refractivity contribution >= 4 is 21.6 Å². The van der Waals surface area contributed by atoms with Crippen LogP contribution in [0, 0.1) is 5.82 Å². The molecule has 0 spiro atoms. The van der Waals surface area contributed by atoms with Gasteiger partial charge in [0.1, 0.15) is 10.7 Å². The quantitative estimate of drug-likeness (QED) is 0.639. The molecule has 0 aliphatic rings. The second kappa shape index (κ2) is 8.62. The molecular formula is C20H18FN3O3S. The van der Waals surface area contributed by atoms with Gasteiger partial charge in [-0.2, -0.15) is 0 Å². The number of hydrogen-bond acceptors (Lipinski definition) is 4. The van der Waals surface area contributed by atoms with Crippen molar-refractivity contribution in [1.29, 1.82) is 0 Å². The first kappa shape index (κ1) is 19.5. The number of sulfonamides is 1. The van der Waals surface area contributed by atoms with Crippen LogP contribution in [0.3, 0.4) is 0 Å². The summed E-state index contributed by atoms with van der Waals surface area (Å²) in [7, 11) is -3.96. The maximum atomic E-state index is 12.9. The number of halogens is 1. The van der Waals surface area contributed by atoms with Crippen LogP contribution in [0.5, 0.6) is 0 Å². The number of carbonyl (C=O) groups excluding carboxylic acids is 1. The molecule has 1 amide bonds. The molecule has 0 fully saturated rings. The van der Waals surface area contributed by atoms with E-state index in [2.05, 4.69) is 15.0 Å². The van der Waals surface area contributed by atoms with E-state index in [1.54, 1.807) is 36.4 Å². The van der Waals surface area contributed by atoms with Gasteiger partial charge in [0, 0.05) is 12.7 Å². The Labute approximate surface area is 162 Å². The molecule has 0 saturated carbocycles. The lowest BCUT2D eigenvalue weighted by atomic mass is 10.1. The lowest BCUT2D eigenvalue weighted by molar-refractivity contribution is 0.0951. The number of nitrogens with one attached hydrogen (secondary N) is 2. The summed E-state index contributed by atoms with van der Waals surface area (Å²) >= 11 is 0. The van der Waals surface area contributed by atoms with Crippen LogP contribution in [-0.2, 0) is 16.4 Å². The molecule has 1 aromatic heterocycles. The predicted octanol–water partition coefficient (Wildman–Crippen LogP) is 2.99. The van der Waals surface area contributed by atoms with Crippen molar-refractivity contribution in [3.05, 3.63) is 90.0 Å². The van der Waals surface area contributed by atoms with Crippen LogP contribution in [0.25, 0.3) is 0 Å². The van der Waals surface area contributed by atoms with Crippen LogP contribution in [0.2, 0.25) is 0 Å². The van der Waals surface area contributed by atoms with Gasteiger partial charge in [0.2, 0.25) is 0 Å². The Balaban J connectivity index is 1.72. The van der Waals surface area contributed by atoms with Crippen molar-refractivity contribution in [2.75, 3.05) is 11.3 Å². The normalized spacial score (nSPS) is 11.0. The van der Waals surface area contributed by atoms with Gasteiger partial charge in [0.15, 0.2) is 0 Å². The van der Waals surface area contributed by atoms with E-state index in [-0.39, 0.29) is 22.8 Å². The molecule has 28 heavy (non-hydrogen) atoms. The molecule has 0 aliphatic heterocycles. The van der Waals surface area contributed by atoms with Gasteiger partial charge in [-0.1, -0.05) is 24.3 Å². The first-order valence-corrected chi connectivity index (χ1v) is 9.98. The lowest BCUT2D eigenvalue weighted by Gasteiger charge is -2.12. The van der Waals surface area contributed by atoms with Crippen LogP contribution in [0.4, 0.5) is 10.1 Å². The number of aromatic nitrogens is 1. The first-order valence-electron chi connectivity index (χ1n) is 8.50. The van der Waals surface area contributed by atoms with Gasteiger partial charge >= 0.3 is 0 Å². The SMILES string of the molecule is O=C(NCCc1ccc(F)cc1)c1ccccc1S(=O)(=O)Nc1cccnc1. The van der Waals surface area contributed by atoms with Crippen LogP contribution in [-0.4, -0.2) is 25.9 Å². The summed E-state index contributed by atoms with van der Waals surface area (Å²) < 4.78 is 40.7. The summed E-state index contributed by atoms with van der Waals surface area (Å²) in [6.45, 7) is 0.287. The van der Waals surface area contributed by atoms with Gasteiger partial charge in [-0.05, 0) is 48.4 Å². The minimum Gasteiger partial charge on any atom is -0.352 e. The van der Waals surface area contributed by atoms with Crippen molar-refractivity contribution < 1.29 is 17.6 Å². The average Bonchev–Trinajstić information content (AvgIpc) is 2.70. The van der Waals surface area contributed by atoms with E-state index in [1.165, 1.54) is 36.7 Å². The average molecular weight is 399 g/mol. The minimum atomic E-state index is -3.96.